The standard InChI is InChI=1S/C32H32O6.Na/c1-35-29-12-7-6-11-27(29)28-21-23(22-31(36-2)32(33)34)13-18-30(28)38-20-8-19-37-26-16-14-25(15-17-26)24-9-4-3-5-10-24;/h3-7,9-18,21,31H,8,19-20,22H2,1-2H3,(H,33,34);/q;+1/p-1/t31-;/m0./s1. The molecule has 1 atom stereocenters. The van der Waals surface area contributed by atoms with Gasteiger partial charge in [0.2, 0.25) is 0 Å². The van der Waals surface area contributed by atoms with Crippen molar-refractivity contribution in [3.63, 3.8) is 0 Å². The Morgan fingerprint density at radius 3 is 2.10 bits per heavy atom. The Balaban J connectivity index is 0.00000420. The van der Waals surface area contributed by atoms with Crippen LogP contribution in [-0.2, 0) is 16.0 Å². The molecule has 196 valence electrons. The van der Waals surface area contributed by atoms with E-state index in [1.54, 1.807) is 7.11 Å². The summed E-state index contributed by atoms with van der Waals surface area (Å²) >= 11 is 0. The summed E-state index contributed by atoms with van der Waals surface area (Å²) < 4.78 is 22.7. The zero-order chi connectivity index (χ0) is 26.7. The minimum absolute atomic E-state index is 0. The van der Waals surface area contributed by atoms with E-state index in [9.17, 15) is 9.90 Å². The van der Waals surface area contributed by atoms with Crippen molar-refractivity contribution in [2.75, 3.05) is 27.4 Å². The summed E-state index contributed by atoms with van der Waals surface area (Å²) in [5.74, 6) is 0.929. The monoisotopic (exact) mass is 534 g/mol. The smallest absolute Gasteiger partial charge is 0.547 e. The molecule has 4 aromatic rings. The fourth-order valence-electron chi connectivity index (χ4n) is 4.19. The van der Waals surface area contributed by atoms with Crippen LogP contribution in [0.2, 0.25) is 0 Å². The number of hydrogen-bond donors (Lipinski definition) is 0. The third-order valence-corrected chi connectivity index (χ3v) is 6.19. The zero-order valence-corrected chi connectivity index (χ0v) is 24.6. The van der Waals surface area contributed by atoms with Gasteiger partial charge in [-0.25, -0.2) is 0 Å². The molecular formula is C32H31NaO6. The van der Waals surface area contributed by atoms with E-state index in [2.05, 4.69) is 24.3 Å². The third-order valence-electron chi connectivity index (χ3n) is 6.19. The minimum Gasteiger partial charge on any atom is -0.547 e. The van der Waals surface area contributed by atoms with Gasteiger partial charge in [-0.05, 0) is 47.0 Å². The number of methoxy groups -OCH3 is 2. The molecule has 0 unspecified atom stereocenters. The fraction of sp³-hybridized carbons (Fsp3) is 0.219. The molecule has 0 bridgehead atoms. The maximum Gasteiger partial charge on any atom is 1.00 e. The number of carboxylic acid groups (broad SMARTS) is 1. The van der Waals surface area contributed by atoms with Crippen LogP contribution in [-0.4, -0.2) is 39.5 Å². The van der Waals surface area contributed by atoms with Crippen LogP contribution >= 0.6 is 0 Å². The summed E-state index contributed by atoms with van der Waals surface area (Å²) in [5.41, 5.74) is 4.76. The quantitative estimate of drug-likeness (QED) is 0.193. The van der Waals surface area contributed by atoms with E-state index in [1.807, 2.05) is 72.8 Å². The number of benzene rings is 4. The molecule has 0 aliphatic rings. The first-order valence-electron chi connectivity index (χ1n) is 12.5. The van der Waals surface area contributed by atoms with Crippen LogP contribution in [0.4, 0.5) is 0 Å². The predicted octanol–water partition coefficient (Wildman–Crippen LogP) is 2.19. The third kappa shape index (κ3) is 8.35. The molecule has 0 heterocycles. The molecule has 39 heavy (non-hydrogen) atoms. The van der Waals surface area contributed by atoms with Crippen LogP contribution in [0.15, 0.2) is 97.1 Å². The number of rotatable bonds is 13. The van der Waals surface area contributed by atoms with E-state index in [4.69, 9.17) is 18.9 Å². The Kier molecular flexibility index (Phi) is 11.9. The largest absolute Gasteiger partial charge is 1.00 e. The van der Waals surface area contributed by atoms with Gasteiger partial charge in [0.25, 0.3) is 0 Å². The van der Waals surface area contributed by atoms with Crippen molar-refractivity contribution in [3.8, 4) is 39.5 Å². The molecule has 4 rings (SSSR count). The summed E-state index contributed by atoms with van der Waals surface area (Å²) in [5, 5.41) is 11.4. The Bertz CT molecular complexity index is 1320. The average molecular weight is 535 g/mol. The van der Waals surface area contributed by atoms with Gasteiger partial charge < -0.3 is 28.8 Å². The van der Waals surface area contributed by atoms with Gasteiger partial charge in [0.1, 0.15) is 23.4 Å². The second kappa shape index (κ2) is 15.3. The van der Waals surface area contributed by atoms with Crippen molar-refractivity contribution in [1.29, 1.82) is 0 Å². The topological polar surface area (TPSA) is 77.1 Å². The molecule has 6 nitrogen and oxygen atoms in total. The van der Waals surface area contributed by atoms with Gasteiger partial charge in [-0.2, -0.15) is 0 Å². The second-order valence-electron chi connectivity index (χ2n) is 8.72. The second-order valence-corrected chi connectivity index (χ2v) is 8.72. The maximum absolute atomic E-state index is 11.4. The Labute approximate surface area is 251 Å². The number of hydrogen-bond acceptors (Lipinski definition) is 6. The molecule has 0 radical (unpaired) electrons. The molecule has 0 aliphatic carbocycles. The number of carbonyl (C=O) groups excluding carboxylic acids is 1. The number of ether oxygens (including phenoxy) is 4. The minimum atomic E-state index is -1.25. The van der Waals surface area contributed by atoms with Crippen LogP contribution in [0.3, 0.4) is 0 Å². The SMILES string of the molecule is COc1ccccc1-c1cc(C[C@H](OC)C(=O)[O-])ccc1OCCCOc1ccc(-c2ccccc2)cc1.[Na+]. The maximum atomic E-state index is 11.4. The summed E-state index contributed by atoms with van der Waals surface area (Å²) in [6, 6.07) is 31.5. The molecule has 0 spiro atoms. The van der Waals surface area contributed by atoms with Gasteiger partial charge in [-0.3, -0.25) is 0 Å². The number of carbonyl (C=O) groups is 1. The van der Waals surface area contributed by atoms with Crippen LogP contribution in [0.25, 0.3) is 22.3 Å². The Morgan fingerprint density at radius 1 is 0.744 bits per heavy atom. The van der Waals surface area contributed by atoms with E-state index in [0.717, 1.165) is 28.0 Å². The van der Waals surface area contributed by atoms with Crippen molar-refractivity contribution < 1.29 is 58.4 Å². The summed E-state index contributed by atoms with van der Waals surface area (Å²) in [6.45, 7) is 0.956. The van der Waals surface area contributed by atoms with Crippen molar-refractivity contribution in [1.82, 2.24) is 0 Å². The van der Waals surface area contributed by atoms with Crippen molar-refractivity contribution in [3.05, 3.63) is 103 Å². The first kappa shape index (κ1) is 30.3. The van der Waals surface area contributed by atoms with E-state index in [0.29, 0.717) is 31.1 Å². The summed E-state index contributed by atoms with van der Waals surface area (Å²) in [4.78, 5) is 11.4. The predicted molar refractivity (Wildman–Crippen MR) is 145 cm³/mol. The van der Waals surface area contributed by atoms with Gasteiger partial charge >= 0.3 is 29.6 Å². The summed E-state index contributed by atoms with van der Waals surface area (Å²) in [6.07, 6.45) is -0.173. The molecule has 4 aromatic carbocycles. The van der Waals surface area contributed by atoms with E-state index < -0.39 is 12.1 Å². The van der Waals surface area contributed by atoms with Gasteiger partial charge in [-0.15, -0.1) is 0 Å². The van der Waals surface area contributed by atoms with Gasteiger partial charge in [0.15, 0.2) is 0 Å². The molecule has 0 amide bonds. The molecule has 0 saturated carbocycles. The fourth-order valence-corrected chi connectivity index (χ4v) is 4.19. The van der Waals surface area contributed by atoms with Gasteiger partial charge in [0, 0.05) is 31.1 Å². The first-order chi connectivity index (χ1) is 18.6. The summed E-state index contributed by atoms with van der Waals surface area (Å²) in [7, 11) is 2.97. The Hall–Kier alpha value is -3.29. The van der Waals surface area contributed by atoms with E-state index in [-0.39, 0.29) is 36.0 Å². The van der Waals surface area contributed by atoms with Gasteiger partial charge in [-0.1, -0.05) is 66.7 Å². The Morgan fingerprint density at radius 2 is 1.41 bits per heavy atom. The molecule has 0 saturated heterocycles. The molecule has 0 aliphatic heterocycles. The number of para-hydroxylation sites is 1. The zero-order valence-electron chi connectivity index (χ0n) is 22.6. The van der Waals surface area contributed by atoms with Crippen LogP contribution in [0.1, 0.15) is 12.0 Å². The van der Waals surface area contributed by atoms with Crippen molar-refractivity contribution in [2.45, 2.75) is 18.9 Å². The first-order valence-corrected chi connectivity index (χ1v) is 12.5. The normalized spacial score (nSPS) is 11.2. The molecule has 0 aromatic heterocycles. The van der Waals surface area contributed by atoms with Crippen LogP contribution in [0.5, 0.6) is 17.2 Å². The average Bonchev–Trinajstić information content (AvgIpc) is 2.96. The van der Waals surface area contributed by atoms with E-state index in [1.165, 1.54) is 12.7 Å². The molecular weight excluding hydrogens is 503 g/mol. The molecule has 0 fully saturated rings. The van der Waals surface area contributed by atoms with Crippen LogP contribution in [0, 0.1) is 0 Å². The number of carboxylic acids is 1. The molecule has 7 heteroatoms. The van der Waals surface area contributed by atoms with Crippen molar-refractivity contribution in [2.24, 2.45) is 0 Å². The van der Waals surface area contributed by atoms with Gasteiger partial charge in [0.05, 0.1) is 26.3 Å². The number of aliphatic carboxylic acids is 1. The van der Waals surface area contributed by atoms with Crippen molar-refractivity contribution >= 4 is 5.97 Å². The van der Waals surface area contributed by atoms with Crippen LogP contribution < -0.4 is 48.9 Å². The molecule has 0 N–H and O–H groups in total. The van der Waals surface area contributed by atoms with E-state index >= 15 is 0 Å².